The number of urea groups is 1. The summed E-state index contributed by atoms with van der Waals surface area (Å²) in [6, 6.07) is 9.52. The van der Waals surface area contributed by atoms with Crippen LogP contribution in [0, 0.1) is 6.92 Å². The van der Waals surface area contributed by atoms with Gasteiger partial charge in [0.25, 0.3) is 0 Å². The quantitative estimate of drug-likeness (QED) is 0.853. The molecule has 104 valence electrons. The molecule has 2 amide bonds. The number of carbonyl (C=O) groups excluding carboxylic acids is 1. The highest BCUT2D eigenvalue weighted by atomic mass is 35.5. The number of fused-ring (bicyclic) bond motifs is 1. The van der Waals surface area contributed by atoms with Crippen LogP contribution in [0.15, 0.2) is 34.7 Å². The Morgan fingerprint density at radius 3 is 2.85 bits per heavy atom. The second kappa shape index (κ2) is 4.87. The number of amides is 2. The second-order valence-corrected chi connectivity index (χ2v) is 5.45. The Balaban J connectivity index is 1.92. The largest absolute Gasteiger partial charge is 0.464 e. The van der Waals surface area contributed by atoms with E-state index in [0.717, 1.165) is 28.3 Å². The number of carbonyl (C=O) groups is 1. The van der Waals surface area contributed by atoms with E-state index >= 15 is 0 Å². The third-order valence-corrected chi connectivity index (χ3v) is 3.90. The molecule has 1 aromatic carbocycles. The Labute approximate surface area is 122 Å². The van der Waals surface area contributed by atoms with Crippen molar-refractivity contribution in [1.29, 1.82) is 0 Å². The third kappa shape index (κ3) is 2.27. The number of hydrogen-bond donors (Lipinski definition) is 1. The number of alkyl halides is 1. The normalized spacial score (nSPS) is 15.8. The van der Waals surface area contributed by atoms with Gasteiger partial charge in [-0.2, -0.15) is 0 Å². The molecule has 1 aromatic heterocycles. The Morgan fingerprint density at radius 1 is 1.35 bits per heavy atom. The maximum atomic E-state index is 11.6. The molecule has 3 rings (SSSR count). The van der Waals surface area contributed by atoms with Crippen molar-refractivity contribution in [2.24, 2.45) is 0 Å². The standard InChI is InChI=1S/C15H15ClN2O2/c1-9-3-6-13(20-9)14(16)10-4-5-12-11(7-10)8-18(2)15(19)17-12/h3-7,14H,8H2,1-2H3,(H,17,19). The van der Waals surface area contributed by atoms with Crippen LogP contribution < -0.4 is 5.32 Å². The van der Waals surface area contributed by atoms with Gasteiger partial charge in [0.15, 0.2) is 0 Å². The van der Waals surface area contributed by atoms with Crippen LogP contribution in [0.3, 0.4) is 0 Å². The summed E-state index contributed by atoms with van der Waals surface area (Å²) in [5.74, 6) is 1.58. The maximum Gasteiger partial charge on any atom is 0.321 e. The molecule has 4 nitrogen and oxygen atoms in total. The molecule has 0 fully saturated rings. The van der Waals surface area contributed by atoms with E-state index in [1.54, 1.807) is 11.9 Å². The molecular formula is C15H15ClN2O2. The number of nitrogens with zero attached hydrogens (tertiary/aromatic N) is 1. The fourth-order valence-corrected chi connectivity index (χ4v) is 2.57. The van der Waals surface area contributed by atoms with Crippen LogP contribution in [0.25, 0.3) is 0 Å². The van der Waals surface area contributed by atoms with Gasteiger partial charge in [0.1, 0.15) is 16.9 Å². The van der Waals surface area contributed by atoms with Crippen LogP contribution in [-0.2, 0) is 6.54 Å². The smallest absolute Gasteiger partial charge is 0.321 e. The van der Waals surface area contributed by atoms with Crippen LogP contribution >= 0.6 is 11.6 Å². The number of nitrogens with one attached hydrogen (secondary N) is 1. The summed E-state index contributed by atoms with van der Waals surface area (Å²) in [7, 11) is 1.76. The monoisotopic (exact) mass is 290 g/mol. The van der Waals surface area contributed by atoms with E-state index in [1.165, 1.54) is 0 Å². The molecular weight excluding hydrogens is 276 g/mol. The number of halogens is 1. The summed E-state index contributed by atoms with van der Waals surface area (Å²) in [4.78, 5) is 13.2. The van der Waals surface area contributed by atoms with E-state index in [2.05, 4.69) is 5.32 Å². The van der Waals surface area contributed by atoms with E-state index < -0.39 is 0 Å². The second-order valence-electron chi connectivity index (χ2n) is 5.01. The van der Waals surface area contributed by atoms with E-state index in [9.17, 15) is 4.79 Å². The number of aryl methyl sites for hydroxylation is 1. The van der Waals surface area contributed by atoms with E-state index in [1.807, 2.05) is 37.3 Å². The van der Waals surface area contributed by atoms with Gasteiger partial charge in [-0.1, -0.05) is 6.07 Å². The lowest BCUT2D eigenvalue weighted by molar-refractivity contribution is 0.218. The van der Waals surface area contributed by atoms with Crippen LogP contribution in [0.4, 0.5) is 10.5 Å². The fraction of sp³-hybridized carbons (Fsp3) is 0.267. The van der Waals surface area contributed by atoms with Crippen LogP contribution in [0.1, 0.15) is 28.0 Å². The van der Waals surface area contributed by atoms with E-state index in [0.29, 0.717) is 6.54 Å². The third-order valence-electron chi connectivity index (χ3n) is 3.43. The Morgan fingerprint density at radius 2 is 2.15 bits per heavy atom. The average molecular weight is 291 g/mol. The molecule has 1 N–H and O–H groups in total. The van der Waals surface area contributed by atoms with Crippen molar-refractivity contribution in [3.63, 3.8) is 0 Å². The van der Waals surface area contributed by atoms with E-state index in [4.69, 9.17) is 16.0 Å². The highest BCUT2D eigenvalue weighted by Crippen LogP contribution is 2.33. The van der Waals surface area contributed by atoms with Crippen molar-refractivity contribution >= 4 is 23.3 Å². The molecule has 1 unspecified atom stereocenters. The molecule has 1 aliphatic rings. The van der Waals surface area contributed by atoms with Crippen molar-refractivity contribution in [2.75, 3.05) is 12.4 Å². The molecule has 20 heavy (non-hydrogen) atoms. The number of benzene rings is 1. The predicted octanol–water partition coefficient (Wildman–Crippen LogP) is 3.89. The summed E-state index contributed by atoms with van der Waals surface area (Å²) >= 11 is 6.46. The van der Waals surface area contributed by atoms with Gasteiger partial charge < -0.3 is 14.6 Å². The first kappa shape index (κ1) is 13.1. The Kier molecular flexibility index (Phi) is 3.18. The molecule has 0 spiro atoms. The van der Waals surface area contributed by atoms with Crippen molar-refractivity contribution < 1.29 is 9.21 Å². The van der Waals surface area contributed by atoms with Gasteiger partial charge in [0, 0.05) is 19.3 Å². The summed E-state index contributed by atoms with van der Waals surface area (Å²) < 4.78 is 5.57. The number of hydrogen-bond acceptors (Lipinski definition) is 2. The fourth-order valence-electron chi connectivity index (χ4n) is 2.32. The molecule has 0 radical (unpaired) electrons. The molecule has 1 atom stereocenters. The zero-order valence-corrected chi connectivity index (χ0v) is 12.1. The van der Waals surface area contributed by atoms with Crippen LogP contribution in [0.5, 0.6) is 0 Å². The predicted molar refractivity (Wildman–Crippen MR) is 78.1 cm³/mol. The minimum absolute atomic E-state index is 0.0886. The minimum atomic E-state index is -0.322. The Bertz CT molecular complexity index is 666. The summed E-state index contributed by atoms with van der Waals surface area (Å²) in [5, 5.41) is 2.52. The van der Waals surface area contributed by atoms with Crippen molar-refractivity contribution in [3.8, 4) is 0 Å². The molecule has 2 aromatic rings. The lowest BCUT2D eigenvalue weighted by Gasteiger charge is -2.26. The Hall–Kier alpha value is -1.94. The van der Waals surface area contributed by atoms with Crippen molar-refractivity contribution in [1.82, 2.24) is 4.90 Å². The van der Waals surface area contributed by atoms with Gasteiger partial charge in [0.05, 0.1) is 0 Å². The average Bonchev–Trinajstić information content (AvgIpc) is 2.85. The summed E-state index contributed by atoms with van der Waals surface area (Å²) in [5.41, 5.74) is 2.86. The van der Waals surface area contributed by atoms with Gasteiger partial charge in [-0.05, 0) is 42.3 Å². The van der Waals surface area contributed by atoms with Crippen molar-refractivity contribution in [3.05, 3.63) is 53.0 Å². The van der Waals surface area contributed by atoms with E-state index in [-0.39, 0.29) is 11.4 Å². The summed E-state index contributed by atoms with van der Waals surface area (Å²) in [6.07, 6.45) is 0. The SMILES string of the molecule is Cc1ccc(C(Cl)c2ccc3c(c2)CN(C)C(=O)N3)o1. The molecule has 1 aliphatic heterocycles. The highest BCUT2D eigenvalue weighted by Gasteiger charge is 2.21. The van der Waals surface area contributed by atoms with Gasteiger partial charge >= 0.3 is 6.03 Å². The first-order valence-corrected chi connectivity index (χ1v) is 6.83. The van der Waals surface area contributed by atoms with Gasteiger partial charge in [-0.25, -0.2) is 4.79 Å². The lowest BCUT2D eigenvalue weighted by Crippen LogP contribution is -2.35. The zero-order chi connectivity index (χ0) is 14.3. The number of anilines is 1. The lowest BCUT2D eigenvalue weighted by atomic mass is 10.0. The van der Waals surface area contributed by atoms with Gasteiger partial charge in [0.2, 0.25) is 0 Å². The van der Waals surface area contributed by atoms with Gasteiger partial charge in [-0.3, -0.25) is 0 Å². The zero-order valence-electron chi connectivity index (χ0n) is 11.3. The molecule has 2 heterocycles. The van der Waals surface area contributed by atoms with Crippen LogP contribution in [-0.4, -0.2) is 18.0 Å². The molecule has 0 aliphatic carbocycles. The van der Waals surface area contributed by atoms with Crippen LogP contribution in [0.2, 0.25) is 0 Å². The highest BCUT2D eigenvalue weighted by molar-refractivity contribution is 6.22. The molecule has 0 saturated heterocycles. The number of rotatable bonds is 2. The van der Waals surface area contributed by atoms with Gasteiger partial charge in [-0.15, -0.1) is 11.6 Å². The minimum Gasteiger partial charge on any atom is -0.464 e. The maximum absolute atomic E-state index is 11.6. The summed E-state index contributed by atoms with van der Waals surface area (Å²) in [6.45, 7) is 2.47. The first-order chi connectivity index (χ1) is 9.54. The molecule has 5 heteroatoms. The molecule has 0 saturated carbocycles. The number of furan rings is 1. The van der Waals surface area contributed by atoms with Crippen molar-refractivity contribution in [2.45, 2.75) is 18.8 Å². The first-order valence-electron chi connectivity index (χ1n) is 6.40. The molecule has 0 bridgehead atoms. The topological polar surface area (TPSA) is 45.5 Å².